The summed E-state index contributed by atoms with van der Waals surface area (Å²) in [7, 11) is 7.39. The molecule has 8 nitrogen and oxygen atoms in total. The average molecular weight is 388 g/mol. The number of rotatable bonds is 6. The molecule has 2 aromatic heterocycles. The number of aromatic amines is 1. The van der Waals surface area contributed by atoms with E-state index in [0.717, 1.165) is 11.0 Å². The van der Waals surface area contributed by atoms with E-state index < -0.39 is 6.23 Å². The third-order valence-corrected chi connectivity index (χ3v) is 4.35. The van der Waals surface area contributed by atoms with E-state index in [1.807, 2.05) is 18.2 Å². The number of quaternary nitrogens is 1. The van der Waals surface area contributed by atoms with Crippen molar-refractivity contribution in [2.75, 3.05) is 12.4 Å². The summed E-state index contributed by atoms with van der Waals surface area (Å²) >= 11 is 0. The third kappa shape index (κ3) is 4.15. The summed E-state index contributed by atoms with van der Waals surface area (Å²) in [6, 6.07) is 13.8. The predicted molar refractivity (Wildman–Crippen MR) is 110 cm³/mol. The number of imidazole rings is 1. The SMILES string of the molecule is [B]c1ccc(Nc2nc3ccc(Oc4ccnc(C(O)[NH2+]C)c4)cc3[nH]2)cc1O. The van der Waals surface area contributed by atoms with Gasteiger partial charge in [-0.25, -0.2) is 4.98 Å². The molecule has 2 heterocycles. The van der Waals surface area contributed by atoms with Crippen LogP contribution < -0.4 is 20.8 Å². The highest BCUT2D eigenvalue weighted by Crippen LogP contribution is 2.27. The maximum Gasteiger partial charge on any atom is 0.231 e. The summed E-state index contributed by atoms with van der Waals surface area (Å²) in [6.07, 6.45) is 0.853. The lowest BCUT2D eigenvalue weighted by Gasteiger charge is -2.09. The lowest BCUT2D eigenvalue weighted by atomic mass is 9.95. The van der Waals surface area contributed by atoms with Crippen molar-refractivity contribution < 1.29 is 20.3 Å². The number of fused-ring (bicyclic) bond motifs is 1. The number of hydrogen-bond acceptors (Lipinski definition) is 6. The summed E-state index contributed by atoms with van der Waals surface area (Å²) in [4.78, 5) is 11.8. The van der Waals surface area contributed by atoms with Crippen LogP contribution in [0.15, 0.2) is 54.7 Å². The van der Waals surface area contributed by atoms with Crippen LogP contribution in [-0.4, -0.2) is 40.1 Å². The van der Waals surface area contributed by atoms with E-state index >= 15 is 0 Å². The van der Waals surface area contributed by atoms with E-state index in [2.05, 4.69) is 20.3 Å². The second-order valence-electron chi connectivity index (χ2n) is 6.46. The maximum atomic E-state index is 9.90. The molecule has 9 heteroatoms. The molecule has 6 N–H and O–H groups in total. The number of phenols is 1. The zero-order chi connectivity index (χ0) is 20.4. The zero-order valence-electron chi connectivity index (χ0n) is 15.6. The first-order valence-electron chi connectivity index (χ1n) is 8.98. The first kappa shape index (κ1) is 18.8. The highest BCUT2D eigenvalue weighted by molar-refractivity contribution is 6.34. The van der Waals surface area contributed by atoms with E-state index in [1.165, 1.54) is 6.07 Å². The van der Waals surface area contributed by atoms with Gasteiger partial charge in [0.2, 0.25) is 12.2 Å². The fourth-order valence-electron chi connectivity index (χ4n) is 2.83. The molecule has 1 unspecified atom stereocenters. The van der Waals surface area contributed by atoms with Gasteiger partial charge in [-0.3, -0.25) is 4.98 Å². The lowest BCUT2D eigenvalue weighted by molar-refractivity contribution is -0.709. The number of aromatic nitrogens is 3. The fourth-order valence-corrected chi connectivity index (χ4v) is 2.83. The molecule has 29 heavy (non-hydrogen) atoms. The van der Waals surface area contributed by atoms with Gasteiger partial charge in [-0.05, 0) is 24.3 Å². The molecule has 4 aromatic rings. The van der Waals surface area contributed by atoms with E-state index in [9.17, 15) is 10.2 Å². The Bertz CT molecular complexity index is 1160. The molecule has 0 aliphatic rings. The summed E-state index contributed by atoms with van der Waals surface area (Å²) in [5.41, 5.74) is 3.02. The van der Waals surface area contributed by atoms with Crippen molar-refractivity contribution in [3.63, 3.8) is 0 Å². The number of aliphatic hydroxyl groups excluding tert-OH is 1. The van der Waals surface area contributed by atoms with Crippen molar-refractivity contribution >= 4 is 36.0 Å². The number of pyridine rings is 1. The molecule has 0 saturated carbocycles. The van der Waals surface area contributed by atoms with E-state index in [4.69, 9.17) is 12.6 Å². The van der Waals surface area contributed by atoms with Crippen LogP contribution in [0, 0.1) is 0 Å². The maximum absolute atomic E-state index is 9.90. The Labute approximate surface area is 168 Å². The molecule has 2 radical (unpaired) electrons. The van der Waals surface area contributed by atoms with Crippen molar-refractivity contribution in [1.29, 1.82) is 0 Å². The normalized spacial score (nSPS) is 12.1. The summed E-state index contributed by atoms with van der Waals surface area (Å²) < 4.78 is 5.90. The molecular weight excluding hydrogens is 369 g/mol. The van der Waals surface area contributed by atoms with Gasteiger partial charge in [0.25, 0.3) is 0 Å². The number of H-pyrrole nitrogens is 1. The Morgan fingerprint density at radius 3 is 2.76 bits per heavy atom. The van der Waals surface area contributed by atoms with Crippen LogP contribution in [0.2, 0.25) is 0 Å². The van der Waals surface area contributed by atoms with Crippen LogP contribution in [0.1, 0.15) is 11.9 Å². The molecule has 0 aliphatic carbocycles. The smallest absolute Gasteiger partial charge is 0.231 e. The Morgan fingerprint density at radius 2 is 1.97 bits per heavy atom. The number of benzene rings is 2. The average Bonchev–Trinajstić information content (AvgIpc) is 3.12. The molecule has 0 spiro atoms. The molecule has 0 saturated heterocycles. The number of nitrogens with zero attached hydrogens (tertiary/aromatic N) is 2. The standard InChI is InChI=1S/C20H18BN5O3/c1-22-19(28)17-10-13(6-7-23-17)29-12-3-5-15-16(9-12)26-20(25-15)24-11-2-4-14(21)18(27)8-11/h2-10,19,22,27-28H,1H3,(H2,24,25,26)/p+1. The van der Waals surface area contributed by atoms with E-state index in [-0.39, 0.29) is 5.75 Å². The van der Waals surface area contributed by atoms with Crippen LogP contribution in [0.4, 0.5) is 11.6 Å². The molecule has 144 valence electrons. The minimum Gasteiger partial charge on any atom is -0.509 e. The summed E-state index contributed by atoms with van der Waals surface area (Å²) in [6.45, 7) is 0. The number of nitrogens with one attached hydrogen (secondary N) is 2. The van der Waals surface area contributed by atoms with Gasteiger partial charge in [-0.1, -0.05) is 11.5 Å². The second-order valence-corrected chi connectivity index (χ2v) is 6.46. The Balaban J connectivity index is 1.54. The summed E-state index contributed by atoms with van der Waals surface area (Å²) in [5.74, 6) is 1.72. The van der Waals surface area contributed by atoms with Crippen molar-refractivity contribution in [2.24, 2.45) is 0 Å². The van der Waals surface area contributed by atoms with Crippen molar-refractivity contribution in [3.8, 4) is 17.2 Å². The van der Waals surface area contributed by atoms with Gasteiger partial charge >= 0.3 is 0 Å². The lowest BCUT2D eigenvalue weighted by Crippen LogP contribution is -2.81. The van der Waals surface area contributed by atoms with Gasteiger partial charge in [0.15, 0.2) is 0 Å². The quantitative estimate of drug-likeness (QED) is 0.250. The monoisotopic (exact) mass is 388 g/mol. The molecule has 1 atom stereocenters. The number of anilines is 2. The third-order valence-electron chi connectivity index (χ3n) is 4.35. The van der Waals surface area contributed by atoms with E-state index in [0.29, 0.717) is 34.3 Å². The first-order valence-corrected chi connectivity index (χ1v) is 8.98. The fraction of sp³-hybridized carbons (Fsp3) is 0.100. The van der Waals surface area contributed by atoms with Crippen LogP contribution in [0.5, 0.6) is 17.2 Å². The minimum atomic E-state index is -0.741. The first-order chi connectivity index (χ1) is 14.0. The number of nitrogens with two attached hydrogens (primary N) is 1. The van der Waals surface area contributed by atoms with E-state index in [1.54, 1.807) is 42.8 Å². The van der Waals surface area contributed by atoms with Crippen LogP contribution in [-0.2, 0) is 0 Å². The minimum absolute atomic E-state index is 0.00399. The number of aliphatic hydroxyl groups is 1. The molecular formula is C20H19BN5O3+. The molecule has 0 aliphatic heterocycles. The molecule has 4 rings (SSSR count). The zero-order valence-corrected chi connectivity index (χ0v) is 15.6. The highest BCUT2D eigenvalue weighted by atomic mass is 16.5. The van der Waals surface area contributed by atoms with Gasteiger partial charge in [0, 0.05) is 30.1 Å². The van der Waals surface area contributed by atoms with Gasteiger partial charge in [-0.2, -0.15) is 0 Å². The van der Waals surface area contributed by atoms with Gasteiger partial charge in [0.1, 0.15) is 30.8 Å². The highest BCUT2D eigenvalue weighted by Gasteiger charge is 2.11. The number of phenolic OH excluding ortho intramolecular Hbond substituents is 1. The van der Waals surface area contributed by atoms with Crippen LogP contribution >= 0.6 is 0 Å². The van der Waals surface area contributed by atoms with Crippen molar-refractivity contribution in [2.45, 2.75) is 6.23 Å². The molecule has 2 aromatic carbocycles. The second kappa shape index (κ2) is 7.82. The topological polar surface area (TPSA) is 120 Å². The van der Waals surface area contributed by atoms with Crippen LogP contribution in [0.25, 0.3) is 11.0 Å². The van der Waals surface area contributed by atoms with Crippen LogP contribution in [0.3, 0.4) is 0 Å². The number of aromatic hydroxyl groups is 1. The van der Waals surface area contributed by atoms with Gasteiger partial charge < -0.3 is 30.6 Å². The number of ether oxygens (including phenoxy) is 1. The molecule has 0 amide bonds. The van der Waals surface area contributed by atoms with Crippen molar-refractivity contribution in [3.05, 3.63) is 60.4 Å². The molecule has 0 bridgehead atoms. The summed E-state index contributed by atoms with van der Waals surface area (Å²) in [5, 5.41) is 24.4. The van der Waals surface area contributed by atoms with Gasteiger partial charge in [-0.15, -0.1) is 0 Å². The molecule has 0 fully saturated rings. The Morgan fingerprint density at radius 1 is 1.14 bits per heavy atom. The predicted octanol–water partition coefficient (Wildman–Crippen LogP) is 1.18. The largest absolute Gasteiger partial charge is 0.509 e. The van der Waals surface area contributed by atoms with Crippen molar-refractivity contribution in [1.82, 2.24) is 15.0 Å². The Hall–Kier alpha value is -3.56. The number of hydrogen-bond donors (Lipinski definition) is 5. The Kier molecular flexibility index (Phi) is 5.07. The van der Waals surface area contributed by atoms with Gasteiger partial charge in [0.05, 0.1) is 18.1 Å².